The Morgan fingerprint density at radius 2 is 0.759 bits per heavy atom. The van der Waals surface area contributed by atoms with Gasteiger partial charge in [-0.1, -0.05) is 154 Å². The summed E-state index contributed by atoms with van der Waals surface area (Å²) in [5.74, 6) is 2.66. The number of carbonyl (C=O) groups excluding carboxylic acids is 2. The lowest BCUT2D eigenvalue weighted by molar-refractivity contribution is -0.167. The summed E-state index contributed by atoms with van der Waals surface area (Å²) >= 11 is 0. The zero-order valence-corrected chi connectivity index (χ0v) is 36.2. The Morgan fingerprint density at radius 3 is 1.07 bits per heavy atom. The van der Waals surface area contributed by atoms with Crippen LogP contribution in [-0.2, 0) is 22.7 Å². The van der Waals surface area contributed by atoms with E-state index in [1.54, 1.807) is 24.0 Å². The van der Waals surface area contributed by atoms with Crippen LogP contribution in [0.25, 0.3) is 0 Å². The number of piperazine rings is 1. The number of unbranched alkanes of at least 4 members (excludes halogenated alkanes) is 18. The second-order valence-electron chi connectivity index (χ2n) is 16.4. The van der Waals surface area contributed by atoms with E-state index < -0.39 is 12.1 Å². The van der Waals surface area contributed by atoms with Crippen LogP contribution in [0.1, 0.15) is 177 Å². The van der Waals surface area contributed by atoms with Crippen LogP contribution in [0.3, 0.4) is 0 Å². The molecule has 1 fully saturated rings. The van der Waals surface area contributed by atoms with Gasteiger partial charge in [0, 0.05) is 13.1 Å². The number of hydrogen-bond donors (Lipinski definition) is 0. The lowest BCUT2D eigenvalue weighted by Gasteiger charge is -2.51. The Labute approximate surface area is 350 Å². The summed E-state index contributed by atoms with van der Waals surface area (Å²) in [6.07, 6.45) is 25.1. The second kappa shape index (κ2) is 24.7. The molecule has 0 radical (unpaired) electrons. The molecule has 8 nitrogen and oxygen atoms in total. The maximum Gasteiger partial charge on any atom is 0.251 e. The van der Waals surface area contributed by atoms with Gasteiger partial charge in [0.05, 0.1) is 27.4 Å². The van der Waals surface area contributed by atoms with E-state index in [1.165, 1.54) is 103 Å². The Balaban J connectivity index is 1.32. The molecule has 2 atom stereocenters. The molecule has 318 valence electrons. The van der Waals surface area contributed by atoms with Crippen molar-refractivity contribution in [3.05, 3.63) is 82.9 Å². The average Bonchev–Trinajstić information content (AvgIpc) is 3.24. The van der Waals surface area contributed by atoms with E-state index in [0.29, 0.717) is 37.8 Å². The van der Waals surface area contributed by atoms with Crippen molar-refractivity contribution >= 4 is 11.8 Å². The van der Waals surface area contributed by atoms with Gasteiger partial charge in [0.15, 0.2) is 11.5 Å². The van der Waals surface area contributed by atoms with E-state index in [4.69, 9.17) is 18.9 Å². The molecule has 0 N–H and O–H groups in total. The van der Waals surface area contributed by atoms with Gasteiger partial charge in [0.2, 0.25) is 0 Å². The number of fused-ring (bicyclic) bond motifs is 2. The maximum atomic E-state index is 14.6. The van der Waals surface area contributed by atoms with E-state index >= 15 is 0 Å². The second-order valence-corrected chi connectivity index (χ2v) is 16.4. The van der Waals surface area contributed by atoms with Crippen LogP contribution in [0.2, 0.25) is 0 Å². The van der Waals surface area contributed by atoms with Gasteiger partial charge in [-0.2, -0.15) is 0 Å². The fraction of sp³-hybridized carbons (Fsp3) is 0.600. The third-order valence-corrected chi connectivity index (χ3v) is 11.9. The zero-order chi connectivity index (χ0) is 41.0. The van der Waals surface area contributed by atoms with Crippen LogP contribution in [0.4, 0.5) is 0 Å². The first-order chi connectivity index (χ1) is 28.5. The molecule has 0 saturated carbocycles. The molecule has 3 aromatic carbocycles. The molecule has 2 bridgehead atoms. The molecular formula is C50H72N2O6. The van der Waals surface area contributed by atoms with Gasteiger partial charge >= 0.3 is 0 Å². The van der Waals surface area contributed by atoms with Gasteiger partial charge < -0.3 is 28.7 Å². The van der Waals surface area contributed by atoms with Crippen LogP contribution in [-0.4, -0.2) is 49.0 Å². The molecule has 3 heterocycles. The number of nitrogens with zero attached hydrogens (tertiary/aromatic N) is 2. The fourth-order valence-corrected chi connectivity index (χ4v) is 8.46. The molecule has 1 saturated heterocycles. The van der Waals surface area contributed by atoms with Crippen molar-refractivity contribution in [3.8, 4) is 23.0 Å². The van der Waals surface area contributed by atoms with Crippen molar-refractivity contribution < 1.29 is 28.5 Å². The minimum Gasteiger partial charge on any atom is -0.497 e. The topological polar surface area (TPSA) is 77.5 Å². The Kier molecular flexibility index (Phi) is 19.1. The third kappa shape index (κ3) is 12.9. The molecule has 8 heteroatoms. The van der Waals surface area contributed by atoms with Gasteiger partial charge in [-0.3, -0.25) is 9.59 Å². The summed E-state index contributed by atoms with van der Waals surface area (Å²) < 4.78 is 23.8. The molecule has 2 amide bonds. The highest BCUT2D eigenvalue weighted by Crippen LogP contribution is 2.50. The molecule has 2 unspecified atom stereocenters. The normalized spacial score (nSPS) is 15.9. The predicted octanol–water partition coefficient (Wildman–Crippen LogP) is 12.5. The van der Waals surface area contributed by atoms with Crippen molar-refractivity contribution in [1.82, 2.24) is 9.80 Å². The summed E-state index contributed by atoms with van der Waals surface area (Å²) in [4.78, 5) is 32.7. The first-order valence-corrected chi connectivity index (χ1v) is 22.8. The molecule has 0 spiro atoms. The van der Waals surface area contributed by atoms with E-state index in [-0.39, 0.29) is 11.8 Å². The lowest BCUT2D eigenvalue weighted by atomic mass is 9.81. The van der Waals surface area contributed by atoms with Crippen molar-refractivity contribution in [3.63, 3.8) is 0 Å². The highest BCUT2D eigenvalue weighted by molar-refractivity contribution is 6.01. The average molecular weight is 797 g/mol. The molecule has 58 heavy (non-hydrogen) atoms. The van der Waals surface area contributed by atoms with Gasteiger partial charge in [-0.05, 0) is 71.5 Å². The molecule has 0 aromatic heterocycles. The number of hydrogen-bond acceptors (Lipinski definition) is 6. The molecule has 3 aliphatic rings. The monoisotopic (exact) mass is 797 g/mol. The summed E-state index contributed by atoms with van der Waals surface area (Å²) in [7, 11) is 3.28. The van der Waals surface area contributed by atoms with Crippen molar-refractivity contribution in [2.24, 2.45) is 0 Å². The van der Waals surface area contributed by atoms with Crippen LogP contribution < -0.4 is 18.9 Å². The van der Waals surface area contributed by atoms with Gasteiger partial charge in [-0.25, -0.2) is 0 Å². The maximum absolute atomic E-state index is 14.6. The van der Waals surface area contributed by atoms with Crippen LogP contribution in [0.5, 0.6) is 23.0 Å². The van der Waals surface area contributed by atoms with Crippen molar-refractivity contribution in [2.75, 3.05) is 27.4 Å². The first kappa shape index (κ1) is 44.9. The highest BCUT2D eigenvalue weighted by Gasteiger charge is 2.54. The number of benzene rings is 3. The van der Waals surface area contributed by atoms with E-state index in [2.05, 4.69) is 13.8 Å². The SMILES string of the molecule is CCCCCCCCCCCCOc1cc2c(cc1OCCCCCCCCCCCC)C1C(=O)N(Cc3ccc(OC)cc3)C2C(=O)N1Cc1ccc(OC)cc1. The summed E-state index contributed by atoms with van der Waals surface area (Å²) in [5.41, 5.74) is 3.54. The van der Waals surface area contributed by atoms with Gasteiger partial charge in [0.25, 0.3) is 11.8 Å². The van der Waals surface area contributed by atoms with Crippen molar-refractivity contribution in [1.29, 1.82) is 0 Å². The number of amides is 2. The lowest BCUT2D eigenvalue weighted by Crippen LogP contribution is -2.60. The molecule has 3 aliphatic heterocycles. The minimum absolute atomic E-state index is 0.0823. The van der Waals surface area contributed by atoms with Crippen LogP contribution in [0.15, 0.2) is 60.7 Å². The Hall–Kier alpha value is -4.20. The van der Waals surface area contributed by atoms with E-state index in [1.807, 2.05) is 60.7 Å². The molecule has 3 aromatic rings. The standard InChI is InChI=1S/C50H72N2O6/c1-5-7-9-11-13-15-17-19-21-23-33-57-45-35-43-44(36-46(45)58-34-24-22-20-18-16-14-12-10-8-6-2)48-50(54)51(37-39-25-29-41(55-3)30-26-39)47(43)49(53)52(48)38-40-27-31-42(56-4)32-28-40/h25-32,35-36,47-48H,5-24,33-34,37-38H2,1-4H3. The van der Waals surface area contributed by atoms with E-state index in [0.717, 1.165) is 59.4 Å². The number of ether oxygens (including phenoxy) is 4. The summed E-state index contributed by atoms with van der Waals surface area (Å²) in [5, 5.41) is 0. The first-order valence-electron chi connectivity index (χ1n) is 22.8. The summed E-state index contributed by atoms with van der Waals surface area (Å²) in [6, 6.07) is 17.9. The quantitative estimate of drug-likeness (QED) is 0.0625. The van der Waals surface area contributed by atoms with Gasteiger partial charge in [0.1, 0.15) is 23.6 Å². The number of methoxy groups -OCH3 is 2. The Bertz CT molecular complexity index is 1540. The Morgan fingerprint density at radius 1 is 0.448 bits per heavy atom. The largest absolute Gasteiger partial charge is 0.497 e. The zero-order valence-electron chi connectivity index (χ0n) is 36.2. The number of rotatable bonds is 30. The fourth-order valence-electron chi connectivity index (χ4n) is 8.46. The summed E-state index contributed by atoms with van der Waals surface area (Å²) in [6.45, 7) is 6.34. The highest BCUT2D eigenvalue weighted by atomic mass is 16.5. The van der Waals surface area contributed by atoms with E-state index in [9.17, 15) is 9.59 Å². The van der Waals surface area contributed by atoms with Crippen molar-refractivity contribution in [2.45, 2.75) is 167 Å². The molecule has 0 aliphatic carbocycles. The van der Waals surface area contributed by atoms with Crippen LogP contribution in [0, 0.1) is 0 Å². The third-order valence-electron chi connectivity index (χ3n) is 11.9. The molecule has 6 rings (SSSR count). The predicted molar refractivity (Wildman–Crippen MR) is 234 cm³/mol. The number of carbonyl (C=O) groups is 2. The smallest absolute Gasteiger partial charge is 0.251 e. The van der Waals surface area contributed by atoms with Crippen LogP contribution >= 0.6 is 0 Å². The van der Waals surface area contributed by atoms with Gasteiger partial charge in [-0.15, -0.1) is 0 Å². The minimum atomic E-state index is -0.774. The molecular weight excluding hydrogens is 725 g/mol.